The van der Waals surface area contributed by atoms with Gasteiger partial charge in [0, 0.05) is 12.6 Å². The van der Waals surface area contributed by atoms with Crippen molar-refractivity contribution in [2.45, 2.75) is 37.7 Å². The lowest BCUT2D eigenvalue weighted by molar-refractivity contribution is 0.00518. The molecule has 5 nitrogen and oxygen atoms in total. The van der Waals surface area contributed by atoms with Crippen LogP contribution in [-0.2, 0) is 0 Å². The second kappa shape index (κ2) is 6.50. The third kappa shape index (κ3) is 3.59. The minimum Gasteiger partial charge on any atom is -0.388 e. The number of hydrogen-bond donors (Lipinski definition) is 2. The molecular formula is C17H19FN2O3. The van der Waals surface area contributed by atoms with Crippen LogP contribution in [0.3, 0.4) is 0 Å². The van der Waals surface area contributed by atoms with Gasteiger partial charge in [0.05, 0.1) is 11.2 Å². The van der Waals surface area contributed by atoms with E-state index in [4.69, 9.17) is 4.52 Å². The van der Waals surface area contributed by atoms with Gasteiger partial charge >= 0.3 is 0 Å². The van der Waals surface area contributed by atoms with E-state index in [1.165, 1.54) is 12.1 Å². The van der Waals surface area contributed by atoms with Crippen LogP contribution in [0.2, 0.25) is 0 Å². The molecule has 1 saturated carbocycles. The van der Waals surface area contributed by atoms with Crippen LogP contribution in [0.25, 0.3) is 11.3 Å². The maximum absolute atomic E-state index is 13.7. The van der Waals surface area contributed by atoms with Crippen LogP contribution in [0.15, 0.2) is 34.9 Å². The highest BCUT2D eigenvalue weighted by Gasteiger charge is 2.30. The van der Waals surface area contributed by atoms with E-state index in [1.807, 2.05) is 0 Å². The Hall–Kier alpha value is -2.21. The Kier molecular flexibility index (Phi) is 4.43. The van der Waals surface area contributed by atoms with Gasteiger partial charge in [-0.05, 0) is 25.0 Å². The molecule has 1 fully saturated rings. The number of carbonyl (C=O) groups excluding carboxylic acids is 1. The van der Waals surface area contributed by atoms with Gasteiger partial charge in [0.25, 0.3) is 5.91 Å². The fourth-order valence-corrected chi connectivity index (χ4v) is 2.89. The molecule has 23 heavy (non-hydrogen) atoms. The van der Waals surface area contributed by atoms with E-state index >= 15 is 0 Å². The van der Waals surface area contributed by atoms with Crippen molar-refractivity contribution in [3.8, 4) is 11.3 Å². The van der Waals surface area contributed by atoms with E-state index in [1.54, 1.807) is 18.2 Å². The Balaban J connectivity index is 1.66. The summed E-state index contributed by atoms with van der Waals surface area (Å²) in [6.07, 6.45) is 4.42. The zero-order valence-electron chi connectivity index (χ0n) is 12.7. The lowest BCUT2D eigenvalue weighted by Crippen LogP contribution is -2.44. The van der Waals surface area contributed by atoms with Gasteiger partial charge in [-0.3, -0.25) is 4.79 Å². The second-order valence-corrected chi connectivity index (χ2v) is 6.02. The Bertz CT molecular complexity index is 693. The lowest BCUT2D eigenvalue weighted by atomic mass is 9.85. The van der Waals surface area contributed by atoms with Crippen LogP contribution >= 0.6 is 0 Å². The first-order valence-electron chi connectivity index (χ1n) is 7.80. The second-order valence-electron chi connectivity index (χ2n) is 6.02. The zero-order valence-corrected chi connectivity index (χ0v) is 12.7. The highest BCUT2D eigenvalue weighted by atomic mass is 19.1. The summed E-state index contributed by atoms with van der Waals surface area (Å²) < 4.78 is 18.8. The first-order chi connectivity index (χ1) is 11.1. The minimum atomic E-state index is -0.841. The molecule has 0 spiro atoms. The van der Waals surface area contributed by atoms with Crippen LogP contribution < -0.4 is 5.32 Å². The number of benzene rings is 1. The number of halogens is 1. The molecule has 1 aromatic carbocycles. The molecule has 6 heteroatoms. The van der Waals surface area contributed by atoms with E-state index in [-0.39, 0.29) is 23.6 Å². The standard InChI is InChI=1S/C17H19FN2O3/c18-13-7-3-2-6-12(13)15-10-14(20-23-15)16(21)19-11-17(22)8-4-1-5-9-17/h2-3,6-7,10,22H,1,4-5,8-9,11H2,(H,19,21). The number of aromatic nitrogens is 1. The predicted molar refractivity (Wildman–Crippen MR) is 82.3 cm³/mol. The molecule has 0 saturated heterocycles. The number of nitrogens with zero attached hydrogens (tertiary/aromatic N) is 1. The van der Waals surface area contributed by atoms with E-state index in [2.05, 4.69) is 10.5 Å². The van der Waals surface area contributed by atoms with Crippen LogP contribution in [0.4, 0.5) is 4.39 Å². The number of nitrogens with one attached hydrogen (secondary N) is 1. The van der Waals surface area contributed by atoms with Gasteiger partial charge in [-0.2, -0.15) is 0 Å². The fraction of sp³-hybridized carbons (Fsp3) is 0.412. The average molecular weight is 318 g/mol. The Morgan fingerprint density at radius 3 is 2.78 bits per heavy atom. The molecular weight excluding hydrogens is 299 g/mol. The molecule has 0 bridgehead atoms. The van der Waals surface area contributed by atoms with Gasteiger partial charge in [-0.15, -0.1) is 0 Å². The molecule has 1 aliphatic rings. The van der Waals surface area contributed by atoms with Crippen molar-refractivity contribution in [1.82, 2.24) is 10.5 Å². The normalized spacial score (nSPS) is 17.0. The van der Waals surface area contributed by atoms with Gasteiger partial charge < -0.3 is 14.9 Å². The summed E-state index contributed by atoms with van der Waals surface area (Å²) in [7, 11) is 0. The van der Waals surface area contributed by atoms with Crippen molar-refractivity contribution in [3.05, 3.63) is 41.8 Å². The molecule has 3 rings (SSSR count). The number of rotatable bonds is 4. The molecule has 0 unspecified atom stereocenters. The maximum Gasteiger partial charge on any atom is 0.273 e. The largest absolute Gasteiger partial charge is 0.388 e. The maximum atomic E-state index is 13.7. The van der Waals surface area contributed by atoms with Gasteiger partial charge in [0.2, 0.25) is 0 Å². The summed E-state index contributed by atoms with van der Waals surface area (Å²) in [5, 5.41) is 16.7. The van der Waals surface area contributed by atoms with Crippen molar-refractivity contribution < 1.29 is 18.8 Å². The summed E-state index contributed by atoms with van der Waals surface area (Å²) in [4.78, 5) is 12.1. The zero-order chi connectivity index (χ0) is 16.3. The summed E-state index contributed by atoms with van der Waals surface area (Å²) in [6.45, 7) is 0.188. The molecule has 1 heterocycles. The number of hydrogen-bond acceptors (Lipinski definition) is 4. The average Bonchev–Trinajstić information content (AvgIpc) is 3.04. The molecule has 1 aromatic heterocycles. The van der Waals surface area contributed by atoms with Crippen LogP contribution in [-0.4, -0.2) is 28.3 Å². The molecule has 122 valence electrons. The van der Waals surface area contributed by atoms with Crippen molar-refractivity contribution in [1.29, 1.82) is 0 Å². The smallest absolute Gasteiger partial charge is 0.273 e. The van der Waals surface area contributed by atoms with Crippen LogP contribution in [0.1, 0.15) is 42.6 Å². The quantitative estimate of drug-likeness (QED) is 0.909. The Labute approximate surface area is 133 Å². The third-order valence-electron chi connectivity index (χ3n) is 4.24. The topological polar surface area (TPSA) is 75.4 Å². The SMILES string of the molecule is O=C(NCC1(O)CCCCC1)c1cc(-c2ccccc2F)on1. The van der Waals surface area contributed by atoms with Crippen molar-refractivity contribution in [3.63, 3.8) is 0 Å². The monoisotopic (exact) mass is 318 g/mol. The lowest BCUT2D eigenvalue weighted by Gasteiger charge is -2.31. The summed E-state index contributed by atoms with van der Waals surface area (Å²) in [5.41, 5.74) is -0.515. The van der Waals surface area contributed by atoms with E-state index < -0.39 is 17.3 Å². The summed E-state index contributed by atoms with van der Waals surface area (Å²) >= 11 is 0. The molecule has 0 aliphatic heterocycles. The van der Waals surface area contributed by atoms with Crippen molar-refractivity contribution >= 4 is 5.91 Å². The van der Waals surface area contributed by atoms with E-state index in [0.29, 0.717) is 12.8 Å². The summed E-state index contributed by atoms with van der Waals surface area (Å²) in [6, 6.07) is 7.53. The van der Waals surface area contributed by atoms with Crippen LogP contribution in [0.5, 0.6) is 0 Å². The van der Waals surface area contributed by atoms with Crippen molar-refractivity contribution in [2.75, 3.05) is 6.54 Å². The Morgan fingerprint density at radius 2 is 2.04 bits per heavy atom. The number of aliphatic hydroxyl groups is 1. The highest BCUT2D eigenvalue weighted by Crippen LogP contribution is 2.27. The summed E-state index contributed by atoms with van der Waals surface area (Å²) in [5.74, 6) is -0.674. The third-order valence-corrected chi connectivity index (χ3v) is 4.24. The fourth-order valence-electron chi connectivity index (χ4n) is 2.89. The minimum absolute atomic E-state index is 0.0719. The molecule has 0 atom stereocenters. The first-order valence-corrected chi connectivity index (χ1v) is 7.80. The number of carbonyl (C=O) groups is 1. The molecule has 0 radical (unpaired) electrons. The van der Waals surface area contributed by atoms with E-state index in [0.717, 1.165) is 19.3 Å². The highest BCUT2D eigenvalue weighted by molar-refractivity contribution is 5.93. The predicted octanol–water partition coefficient (Wildman–Crippen LogP) is 2.91. The van der Waals surface area contributed by atoms with Gasteiger partial charge in [-0.1, -0.05) is 36.6 Å². The number of amides is 1. The van der Waals surface area contributed by atoms with Crippen LogP contribution in [0, 0.1) is 5.82 Å². The van der Waals surface area contributed by atoms with Gasteiger partial charge in [-0.25, -0.2) is 4.39 Å². The van der Waals surface area contributed by atoms with Gasteiger partial charge in [0.1, 0.15) is 5.82 Å². The first kappa shape index (κ1) is 15.7. The van der Waals surface area contributed by atoms with E-state index in [9.17, 15) is 14.3 Å². The molecule has 2 N–H and O–H groups in total. The molecule has 1 amide bonds. The Morgan fingerprint density at radius 1 is 1.30 bits per heavy atom. The molecule has 1 aliphatic carbocycles. The van der Waals surface area contributed by atoms with Crippen molar-refractivity contribution in [2.24, 2.45) is 0 Å². The van der Waals surface area contributed by atoms with Gasteiger partial charge in [0.15, 0.2) is 11.5 Å². The molecule has 2 aromatic rings.